The van der Waals surface area contributed by atoms with E-state index in [4.69, 9.17) is 4.74 Å². The Bertz CT molecular complexity index is 1120. The number of fused-ring (bicyclic) bond motifs is 1. The minimum absolute atomic E-state index is 0.0670. The van der Waals surface area contributed by atoms with Crippen molar-refractivity contribution in [1.82, 2.24) is 14.8 Å². The van der Waals surface area contributed by atoms with Gasteiger partial charge in [0.2, 0.25) is 11.8 Å². The number of hydrogen-bond acceptors (Lipinski definition) is 5. The quantitative estimate of drug-likeness (QED) is 0.650. The summed E-state index contributed by atoms with van der Waals surface area (Å²) >= 11 is 0. The van der Waals surface area contributed by atoms with E-state index in [0.29, 0.717) is 30.6 Å². The van der Waals surface area contributed by atoms with Crippen molar-refractivity contribution >= 4 is 11.8 Å². The molecular formula is C28H33N3O4. The van der Waals surface area contributed by atoms with E-state index in [-0.39, 0.29) is 48.3 Å². The molecule has 1 fully saturated rings. The second kappa shape index (κ2) is 10.9. The van der Waals surface area contributed by atoms with Gasteiger partial charge in [-0.15, -0.1) is 0 Å². The molecule has 0 spiro atoms. The number of amides is 2. The van der Waals surface area contributed by atoms with Crippen molar-refractivity contribution in [3.05, 3.63) is 59.3 Å². The first-order valence-electron chi connectivity index (χ1n) is 12.2. The molecule has 35 heavy (non-hydrogen) atoms. The number of carbonyl (C=O) groups excluding carboxylic acids is 2. The van der Waals surface area contributed by atoms with E-state index in [1.165, 1.54) is 0 Å². The molecular weight excluding hydrogens is 442 g/mol. The largest absolute Gasteiger partial charge is 0.472 e. The zero-order valence-electron chi connectivity index (χ0n) is 20.6. The minimum atomic E-state index is -0.366. The van der Waals surface area contributed by atoms with Crippen LogP contribution in [-0.2, 0) is 11.2 Å². The maximum atomic E-state index is 13.5. The summed E-state index contributed by atoms with van der Waals surface area (Å²) in [7, 11) is 1.80. The number of aliphatic hydroxyl groups is 1. The molecule has 1 aliphatic heterocycles. The molecule has 2 heterocycles. The zero-order chi connectivity index (χ0) is 24.9. The highest BCUT2D eigenvalue weighted by Crippen LogP contribution is 2.32. The molecule has 184 valence electrons. The van der Waals surface area contributed by atoms with Gasteiger partial charge in [0.05, 0.1) is 19.2 Å². The normalized spacial score (nSPS) is 20.5. The number of likely N-dealkylation sites (N-methyl/N-ethyl adjacent to an activating group) is 1. The molecule has 0 unspecified atom stereocenters. The Balaban J connectivity index is 1.61. The van der Waals surface area contributed by atoms with Crippen molar-refractivity contribution < 1.29 is 19.4 Å². The summed E-state index contributed by atoms with van der Waals surface area (Å²) in [6.07, 6.45) is 3.76. The summed E-state index contributed by atoms with van der Waals surface area (Å²) in [5.41, 5.74) is 2.06. The molecule has 1 aromatic carbocycles. The van der Waals surface area contributed by atoms with Gasteiger partial charge in [-0.3, -0.25) is 9.59 Å². The van der Waals surface area contributed by atoms with E-state index in [2.05, 4.69) is 16.8 Å². The second-order valence-corrected chi connectivity index (χ2v) is 9.66. The Morgan fingerprint density at radius 3 is 2.74 bits per heavy atom. The van der Waals surface area contributed by atoms with Gasteiger partial charge in [-0.05, 0) is 31.4 Å². The molecule has 2 aliphatic rings. The number of rotatable bonds is 6. The predicted octanol–water partition coefficient (Wildman–Crippen LogP) is 2.76. The number of aliphatic hydroxyl groups excluding tert-OH is 1. The lowest BCUT2D eigenvalue weighted by molar-refractivity contribution is -0.132. The van der Waals surface area contributed by atoms with Crippen molar-refractivity contribution in [2.75, 3.05) is 26.7 Å². The number of pyridine rings is 1. The molecule has 1 saturated carbocycles. The summed E-state index contributed by atoms with van der Waals surface area (Å²) < 4.78 is 6.27. The van der Waals surface area contributed by atoms with Crippen LogP contribution in [-0.4, -0.2) is 70.6 Å². The Labute approximate surface area is 207 Å². The highest BCUT2D eigenvalue weighted by atomic mass is 16.5. The average molecular weight is 476 g/mol. The molecule has 4 rings (SSSR count). The van der Waals surface area contributed by atoms with Crippen LogP contribution >= 0.6 is 0 Å². The number of carbonyl (C=O) groups is 2. The lowest BCUT2D eigenvalue weighted by Crippen LogP contribution is -2.50. The third-order valence-corrected chi connectivity index (χ3v) is 6.65. The van der Waals surface area contributed by atoms with Gasteiger partial charge in [0.25, 0.3) is 5.91 Å². The second-order valence-electron chi connectivity index (χ2n) is 9.66. The Morgan fingerprint density at radius 1 is 1.31 bits per heavy atom. The fourth-order valence-electron chi connectivity index (χ4n) is 4.23. The zero-order valence-corrected chi connectivity index (χ0v) is 20.6. The summed E-state index contributed by atoms with van der Waals surface area (Å²) in [4.78, 5) is 33.9. The molecule has 1 aliphatic carbocycles. The van der Waals surface area contributed by atoms with Crippen LogP contribution in [0.3, 0.4) is 0 Å². The SMILES string of the molecule is C[C@H]1CN([C@@H](C)CO)C(=O)c2cc(C#CCc3ccccc3)cnc2O[C@H]1CN(C)C(=O)C1CC1. The van der Waals surface area contributed by atoms with Gasteiger partial charge in [0, 0.05) is 43.6 Å². The minimum Gasteiger partial charge on any atom is -0.472 e. The highest BCUT2D eigenvalue weighted by Gasteiger charge is 2.37. The Kier molecular flexibility index (Phi) is 7.72. The van der Waals surface area contributed by atoms with Crippen molar-refractivity contribution in [2.24, 2.45) is 11.8 Å². The van der Waals surface area contributed by atoms with Gasteiger partial charge in [-0.2, -0.15) is 0 Å². The van der Waals surface area contributed by atoms with Crippen LogP contribution in [0.2, 0.25) is 0 Å². The van der Waals surface area contributed by atoms with E-state index in [1.807, 2.05) is 44.2 Å². The maximum absolute atomic E-state index is 13.5. The van der Waals surface area contributed by atoms with Gasteiger partial charge in [0.1, 0.15) is 11.7 Å². The smallest absolute Gasteiger partial charge is 0.259 e. The van der Waals surface area contributed by atoms with Gasteiger partial charge in [0.15, 0.2) is 0 Å². The number of ether oxygens (including phenoxy) is 1. The van der Waals surface area contributed by atoms with Crippen molar-refractivity contribution in [2.45, 2.75) is 45.3 Å². The molecule has 3 atom stereocenters. The molecule has 2 amide bonds. The third-order valence-electron chi connectivity index (χ3n) is 6.65. The third kappa shape index (κ3) is 6.01. The van der Waals surface area contributed by atoms with E-state index in [0.717, 1.165) is 18.4 Å². The monoisotopic (exact) mass is 475 g/mol. The summed E-state index contributed by atoms with van der Waals surface area (Å²) in [5.74, 6) is 6.44. The maximum Gasteiger partial charge on any atom is 0.259 e. The summed E-state index contributed by atoms with van der Waals surface area (Å²) in [5, 5.41) is 9.82. The van der Waals surface area contributed by atoms with Crippen LogP contribution in [0.15, 0.2) is 42.6 Å². The van der Waals surface area contributed by atoms with Crippen LogP contribution in [0.4, 0.5) is 0 Å². The van der Waals surface area contributed by atoms with Gasteiger partial charge < -0.3 is 19.6 Å². The molecule has 2 aromatic rings. The fourth-order valence-corrected chi connectivity index (χ4v) is 4.23. The van der Waals surface area contributed by atoms with Crippen LogP contribution in [0, 0.1) is 23.7 Å². The fraction of sp³-hybridized carbons (Fsp3) is 0.464. The van der Waals surface area contributed by atoms with E-state index in [9.17, 15) is 14.7 Å². The highest BCUT2D eigenvalue weighted by molar-refractivity contribution is 5.97. The molecule has 0 saturated heterocycles. The summed E-state index contributed by atoms with van der Waals surface area (Å²) in [6.45, 7) is 4.48. The van der Waals surface area contributed by atoms with Gasteiger partial charge in [-0.25, -0.2) is 4.98 Å². The molecule has 1 aromatic heterocycles. The Hall–Kier alpha value is -3.37. The van der Waals surface area contributed by atoms with Crippen molar-refractivity contribution in [3.63, 3.8) is 0 Å². The standard InChI is InChI=1S/C28H33N3O4/c1-19-16-31(20(2)18-32)28(34)24-14-22(11-7-10-21-8-5-4-6-9-21)15-29-26(24)35-25(19)17-30(3)27(33)23-12-13-23/h4-6,8-9,14-15,19-20,23,25,32H,10,12-13,16-18H2,1-3H3/t19-,20-,25-/m0/s1. The average Bonchev–Trinajstić information content (AvgIpc) is 3.71. The molecule has 1 N–H and O–H groups in total. The van der Waals surface area contributed by atoms with Crippen LogP contribution < -0.4 is 4.74 Å². The van der Waals surface area contributed by atoms with E-state index >= 15 is 0 Å². The number of hydrogen-bond donors (Lipinski definition) is 1. The predicted molar refractivity (Wildman–Crippen MR) is 133 cm³/mol. The van der Waals surface area contributed by atoms with Gasteiger partial charge in [-0.1, -0.05) is 49.1 Å². The molecule has 7 heteroatoms. The van der Waals surface area contributed by atoms with E-state index in [1.54, 1.807) is 29.1 Å². The number of nitrogens with zero attached hydrogens (tertiary/aromatic N) is 3. The van der Waals surface area contributed by atoms with Gasteiger partial charge >= 0.3 is 0 Å². The van der Waals surface area contributed by atoms with E-state index < -0.39 is 0 Å². The first-order chi connectivity index (χ1) is 16.9. The number of aromatic nitrogens is 1. The van der Waals surface area contributed by atoms with Crippen molar-refractivity contribution in [1.29, 1.82) is 0 Å². The molecule has 0 radical (unpaired) electrons. The van der Waals surface area contributed by atoms with Crippen LogP contribution in [0.1, 0.15) is 48.2 Å². The topological polar surface area (TPSA) is 83.0 Å². The molecule has 7 nitrogen and oxygen atoms in total. The first-order valence-corrected chi connectivity index (χ1v) is 12.2. The Morgan fingerprint density at radius 2 is 2.06 bits per heavy atom. The first kappa shape index (κ1) is 24.7. The number of benzene rings is 1. The lowest BCUT2D eigenvalue weighted by Gasteiger charge is -2.37. The lowest BCUT2D eigenvalue weighted by atomic mass is 9.99. The van der Waals surface area contributed by atoms with Crippen LogP contribution in [0.5, 0.6) is 5.88 Å². The van der Waals surface area contributed by atoms with Crippen molar-refractivity contribution in [3.8, 4) is 17.7 Å². The molecule has 0 bridgehead atoms. The van der Waals surface area contributed by atoms with Crippen LogP contribution in [0.25, 0.3) is 0 Å². The summed E-state index contributed by atoms with van der Waals surface area (Å²) in [6, 6.07) is 11.3.